The predicted molar refractivity (Wildman–Crippen MR) is 115 cm³/mol. The minimum Gasteiger partial charge on any atom is -0.497 e. The van der Waals surface area contributed by atoms with Crippen molar-refractivity contribution in [2.75, 3.05) is 12.4 Å². The maximum Gasteiger partial charge on any atom is 0.269 e. The first-order valence-corrected chi connectivity index (χ1v) is 9.86. The number of nitrogens with zero attached hydrogens (tertiary/aromatic N) is 3. The van der Waals surface area contributed by atoms with Crippen molar-refractivity contribution in [2.24, 2.45) is 5.16 Å². The first kappa shape index (κ1) is 20.0. The Morgan fingerprint density at radius 2 is 2.07 bits per heavy atom. The number of halogens is 1. The molecule has 0 bridgehead atoms. The zero-order chi connectivity index (χ0) is 21.1. The predicted octanol–water partition coefficient (Wildman–Crippen LogP) is 4.03. The number of carbonyl (C=O) groups is 1. The molecule has 0 saturated carbocycles. The number of hydrogen-bond acceptors (Lipinski definition) is 5. The number of methoxy groups -OCH3 is 1. The lowest BCUT2D eigenvalue weighted by Crippen LogP contribution is -2.28. The number of anilines is 1. The number of oxime groups is 1. The number of amides is 1. The highest BCUT2D eigenvalue weighted by Gasteiger charge is 2.29. The first-order valence-electron chi connectivity index (χ1n) is 9.48. The topological polar surface area (TPSA) is 77.7 Å². The number of nitrogens with one attached hydrogen (secondary N) is 1. The van der Waals surface area contributed by atoms with E-state index in [0.717, 1.165) is 28.3 Å². The molecule has 4 rings (SSSR count). The van der Waals surface area contributed by atoms with E-state index in [1.807, 2.05) is 66.2 Å². The Morgan fingerprint density at radius 1 is 1.27 bits per heavy atom. The molecule has 1 aliphatic heterocycles. The molecule has 0 saturated heterocycles. The summed E-state index contributed by atoms with van der Waals surface area (Å²) in [5, 5.41) is 12.0. The van der Waals surface area contributed by atoms with Crippen LogP contribution in [0.3, 0.4) is 0 Å². The maximum absolute atomic E-state index is 12.6. The molecule has 1 atom stereocenters. The first-order chi connectivity index (χ1) is 14.5. The van der Waals surface area contributed by atoms with Crippen LogP contribution in [0.2, 0.25) is 5.02 Å². The van der Waals surface area contributed by atoms with Crippen LogP contribution in [0.15, 0.2) is 59.8 Å². The van der Waals surface area contributed by atoms with E-state index in [-0.39, 0.29) is 5.91 Å². The van der Waals surface area contributed by atoms with Crippen molar-refractivity contribution < 1.29 is 14.4 Å². The zero-order valence-electron chi connectivity index (χ0n) is 16.6. The summed E-state index contributed by atoms with van der Waals surface area (Å²) in [5.41, 5.74) is 3.57. The van der Waals surface area contributed by atoms with Crippen LogP contribution in [-0.2, 0) is 16.2 Å². The van der Waals surface area contributed by atoms with E-state index < -0.39 is 6.10 Å². The second-order valence-electron chi connectivity index (χ2n) is 7.01. The van der Waals surface area contributed by atoms with Gasteiger partial charge in [0.1, 0.15) is 5.75 Å². The highest BCUT2D eigenvalue weighted by molar-refractivity contribution is 6.30. The van der Waals surface area contributed by atoms with Gasteiger partial charge in [0.15, 0.2) is 5.82 Å². The Bertz CT molecular complexity index is 1090. The molecule has 0 spiro atoms. The van der Waals surface area contributed by atoms with Crippen molar-refractivity contribution in [1.82, 2.24) is 9.78 Å². The van der Waals surface area contributed by atoms with Crippen LogP contribution in [0.4, 0.5) is 5.82 Å². The molecule has 0 fully saturated rings. The van der Waals surface area contributed by atoms with Crippen molar-refractivity contribution in [2.45, 2.75) is 26.0 Å². The zero-order valence-corrected chi connectivity index (χ0v) is 17.4. The molecule has 7 nitrogen and oxygen atoms in total. The third-order valence-corrected chi connectivity index (χ3v) is 5.07. The van der Waals surface area contributed by atoms with Gasteiger partial charge in [0.2, 0.25) is 6.10 Å². The summed E-state index contributed by atoms with van der Waals surface area (Å²) in [6, 6.07) is 16.9. The van der Waals surface area contributed by atoms with E-state index >= 15 is 0 Å². The molecule has 1 unspecified atom stereocenters. The van der Waals surface area contributed by atoms with Gasteiger partial charge in [-0.15, -0.1) is 0 Å². The van der Waals surface area contributed by atoms with E-state index in [2.05, 4.69) is 15.6 Å². The van der Waals surface area contributed by atoms with Crippen molar-refractivity contribution in [3.05, 3.63) is 76.4 Å². The summed E-state index contributed by atoms with van der Waals surface area (Å²) in [5.74, 6) is 0.951. The fourth-order valence-electron chi connectivity index (χ4n) is 3.22. The summed E-state index contributed by atoms with van der Waals surface area (Å²) in [4.78, 5) is 18.0. The lowest BCUT2D eigenvalue weighted by atomic mass is 10.0. The fraction of sp³-hybridized carbons (Fsp3) is 0.227. The average molecular weight is 425 g/mol. The van der Waals surface area contributed by atoms with Gasteiger partial charge >= 0.3 is 0 Å². The van der Waals surface area contributed by atoms with Gasteiger partial charge in [-0.2, -0.15) is 5.10 Å². The molecule has 154 valence electrons. The number of hydrogen-bond donors (Lipinski definition) is 1. The van der Waals surface area contributed by atoms with Crippen molar-refractivity contribution in [1.29, 1.82) is 0 Å². The van der Waals surface area contributed by atoms with Crippen molar-refractivity contribution in [3.63, 3.8) is 0 Å². The molecule has 1 aliphatic rings. The summed E-state index contributed by atoms with van der Waals surface area (Å²) in [6.45, 7) is 2.50. The number of rotatable bonds is 6. The van der Waals surface area contributed by atoms with Crippen molar-refractivity contribution >= 4 is 29.0 Å². The van der Waals surface area contributed by atoms with E-state index in [0.29, 0.717) is 23.8 Å². The van der Waals surface area contributed by atoms with Crippen LogP contribution in [-0.4, -0.2) is 34.6 Å². The fourth-order valence-corrected chi connectivity index (χ4v) is 3.43. The maximum atomic E-state index is 12.6. The van der Waals surface area contributed by atoms with Gasteiger partial charge in [0, 0.05) is 23.2 Å². The molecule has 3 aromatic rings. The van der Waals surface area contributed by atoms with Crippen LogP contribution in [0.1, 0.15) is 23.2 Å². The lowest BCUT2D eigenvalue weighted by Gasteiger charge is -2.08. The van der Waals surface area contributed by atoms with Crippen molar-refractivity contribution in [3.8, 4) is 5.75 Å². The molecular weight excluding hydrogens is 404 g/mol. The minimum atomic E-state index is -0.694. The summed E-state index contributed by atoms with van der Waals surface area (Å²) in [6.07, 6.45) is -0.305. The second-order valence-corrected chi connectivity index (χ2v) is 7.45. The highest BCUT2D eigenvalue weighted by Crippen LogP contribution is 2.21. The standard InChI is InChI=1S/C22H21ClN4O3/c1-14-10-21(25-27(14)13-15-4-3-5-17(23)11-15)24-22(28)20-12-19(26-30-20)16-6-8-18(29-2)9-7-16/h3-11,20H,12-13H2,1-2H3,(H,24,25,28). The number of benzene rings is 2. The van der Waals surface area contributed by atoms with E-state index in [4.69, 9.17) is 21.2 Å². The Morgan fingerprint density at radius 3 is 2.80 bits per heavy atom. The van der Waals surface area contributed by atoms with Crippen LogP contribution in [0.25, 0.3) is 0 Å². The normalized spacial score (nSPS) is 15.4. The van der Waals surface area contributed by atoms with Crippen LogP contribution < -0.4 is 10.1 Å². The Balaban J connectivity index is 1.37. The monoisotopic (exact) mass is 424 g/mol. The van der Waals surface area contributed by atoms with Gasteiger partial charge in [0.25, 0.3) is 5.91 Å². The molecule has 1 amide bonds. The van der Waals surface area contributed by atoms with Gasteiger partial charge in [-0.05, 0) is 54.4 Å². The molecule has 2 heterocycles. The van der Waals surface area contributed by atoms with Gasteiger partial charge in [-0.25, -0.2) is 0 Å². The molecule has 0 radical (unpaired) electrons. The van der Waals surface area contributed by atoms with E-state index in [1.165, 1.54) is 0 Å². The van der Waals surface area contributed by atoms with Gasteiger partial charge in [-0.3, -0.25) is 9.48 Å². The van der Waals surface area contributed by atoms with Crippen LogP contribution in [0.5, 0.6) is 5.75 Å². The molecule has 0 aliphatic carbocycles. The van der Waals surface area contributed by atoms with Gasteiger partial charge in [0.05, 0.1) is 19.4 Å². The Hall–Kier alpha value is -3.32. The van der Waals surface area contributed by atoms with Crippen LogP contribution >= 0.6 is 11.6 Å². The summed E-state index contributed by atoms with van der Waals surface area (Å²) in [7, 11) is 1.61. The van der Waals surface area contributed by atoms with E-state index in [1.54, 1.807) is 7.11 Å². The quantitative estimate of drug-likeness (QED) is 0.648. The SMILES string of the molecule is COc1ccc(C2=NOC(C(=O)Nc3cc(C)n(Cc4cccc(Cl)c4)n3)C2)cc1. The smallest absolute Gasteiger partial charge is 0.269 e. The number of carbonyl (C=O) groups excluding carboxylic acids is 1. The molecule has 30 heavy (non-hydrogen) atoms. The summed E-state index contributed by atoms with van der Waals surface area (Å²) >= 11 is 6.05. The molecule has 1 N–H and O–H groups in total. The number of ether oxygens (including phenoxy) is 1. The van der Waals surface area contributed by atoms with Gasteiger partial charge < -0.3 is 14.9 Å². The lowest BCUT2D eigenvalue weighted by molar-refractivity contribution is -0.125. The van der Waals surface area contributed by atoms with Crippen LogP contribution in [0, 0.1) is 6.92 Å². The molecule has 2 aromatic carbocycles. The largest absolute Gasteiger partial charge is 0.497 e. The van der Waals surface area contributed by atoms with E-state index in [9.17, 15) is 4.79 Å². The Labute approximate surface area is 179 Å². The molecule has 8 heteroatoms. The molecule has 1 aromatic heterocycles. The average Bonchev–Trinajstić information content (AvgIpc) is 3.35. The third kappa shape index (κ3) is 4.46. The highest BCUT2D eigenvalue weighted by atomic mass is 35.5. The van der Waals surface area contributed by atoms with Gasteiger partial charge in [-0.1, -0.05) is 28.9 Å². The summed E-state index contributed by atoms with van der Waals surface area (Å²) < 4.78 is 6.98. The third-order valence-electron chi connectivity index (χ3n) is 4.84. The Kier molecular flexibility index (Phi) is 5.72. The number of aryl methyl sites for hydroxylation is 1. The minimum absolute atomic E-state index is 0.283. The molecular formula is C22H21ClN4O3. The number of aromatic nitrogens is 2. The second kappa shape index (κ2) is 8.59.